The predicted octanol–water partition coefficient (Wildman–Crippen LogP) is 1.19. The van der Waals surface area contributed by atoms with Crippen molar-refractivity contribution in [1.82, 2.24) is 0 Å². The van der Waals surface area contributed by atoms with Crippen molar-refractivity contribution in [3.05, 3.63) is 0 Å². The summed E-state index contributed by atoms with van der Waals surface area (Å²) in [7, 11) is 1.60. The minimum atomic E-state index is 0.568. The van der Waals surface area contributed by atoms with Gasteiger partial charge in [-0.1, -0.05) is 0 Å². The summed E-state index contributed by atoms with van der Waals surface area (Å²) >= 11 is 1.31. The van der Waals surface area contributed by atoms with Crippen LogP contribution in [-0.2, 0) is 4.18 Å². The lowest BCUT2D eigenvalue weighted by molar-refractivity contribution is 0.490. The van der Waals surface area contributed by atoms with Gasteiger partial charge < -0.3 is 4.18 Å². The SMILES string of the molecule is COSCCC#N. The standard InChI is InChI=1S/C4H7NOS/c1-6-7-4-2-3-5/h2,4H2,1H3. The van der Waals surface area contributed by atoms with Crippen molar-refractivity contribution in [3.63, 3.8) is 0 Å². The van der Waals surface area contributed by atoms with Gasteiger partial charge in [-0.15, -0.1) is 0 Å². The molecule has 0 aliphatic carbocycles. The fourth-order valence-corrected chi connectivity index (χ4v) is 0.512. The van der Waals surface area contributed by atoms with Gasteiger partial charge in [0.2, 0.25) is 0 Å². The van der Waals surface area contributed by atoms with Gasteiger partial charge in [0, 0.05) is 12.2 Å². The maximum Gasteiger partial charge on any atom is 0.0631 e. The summed E-state index contributed by atoms with van der Waals surface area (Å²) < 4.78 is 4.61. The molecule has 7 heavy (non-hydrogen) atoms. The fraction of sp³-hybridized carbons (Fsp3) is 0.750. The predicted molar refractivity (Wildman–Crippen MR) is 29.7 cm³/mol. The van der Waals surface area contributed by atoms with Gasteiger partial charge in [-0.05, 0) is 12.0 Å². The van der Waals surface area contributed by atoms with Crippen LogP contribution in [0.25, 0.3) is 0 Å². The third-order valence-corrected chi connectivity index (χ3v) is 1.02. The zero-order valence-corrected chi connectivity index (χ0v) is 4.99. The topological polar surface area (TPSA) is 33.0 Å². The molecule has 2 nitrogen and oxygen atoms in total. The van der Waals surface area contributed by atoms with E-state index >= 15 is 0 Å². The molecule has 0 radical (unpaired) electrons. The molecule has 0 heterocycles. The highest BCUT2D eigenvalue weighted by Gasteiger charge is 1.80. The van der Waals surface area contributed by atoms with Gasteiger partial charge in [0.05, 0.1) is 13.2 Å². The summed E-state index contributed by atoms with van der Waals surface area (Å²) in [4.78, 5) is 0. The quantitative estimate of drug-likeness (QED) is 0.411. The first kappa shape index (κ1) is 6.80. The van der Waals surface area contributed by atoms with E-state index in [4.69, 9.17) is 5.26 Å². The van der Waals surface area contributed by atoms with Crippen molar-refractivity contribution in [2.45, 2.75) is 6.42 Å². The van der Waals surface area contributed by atoms with Gasteiger partial charge in [0.25, 0.3) is 0 Å². The molecule has 0 aliphatic heterocycles. The Morgan fingerprint density at radius 3 is 3.00 bits per heavy atom. The van der Waals surface area contributed by atoms with Crippen LogP contribution in [0.15, 0.2) is 0 Å². The third-order valence-electron chi connectivity index (χ3n) is 0.415. The maximum atomic E-state index is 7.97. The van der Waals surface area contributed by atoms with Crippen LogP contribution in [0.2, 0.25) is 0 Å². The molecule has 0 saturated heterocycles. The highest BCUT2D eigenvalue weighted by molar-refractivity contribution is 7.94. The van der Waals surface area contributed by atoms with E-state index in [-0.39, 0.29) is 0 Å². The van der Waals surface area contributed by atoms with E-state index in [1.54, 1.807) is 7.11 Å². The average Bonchev–Trinajstić information content (AvgIpc) is 1.69. The molecule has 0 aromatic carbocycles. The zero-order valence-electron chi connectivity index (χ0n) is 4.18. The monoisotopic (exact) mass is 117 g/mol. The van der Waals surface area contributed by atoms with Crippen molar-refractivity contribution in [2.75, 3.05) is 12.9 Å². The van der Waals surface area contributed by atoms with Gasteiger partial charge in [-0.2, -0.15) is 5.26 Å². The number of hydrogen-bond acceptors (Lipinski definition) is 3. The van der Waals surface area contributed by atoms with Crippen LogP contribution in [0.1, 0.15) is 6.42 Å². The highest BCUT2D eigenvalue weighted by Crippen LogP contribution is 1.99. The van der Waals surface area contributed by atoms with E-state index < -0.39 is 0 Å². The minimum absolute atomic E-state index is 0.568. The second-order valence-corrected chi connectivity index (χ2v) is 1.87. The fourth-order valence-electron chi connectivity index (χ4n) is 0.171. The summed E-state index contributed by atoms with van der Waals surface area (Å²) in [5, 5.41) is 7.97. The Morgan fingerprint density at radius 1 is 1.86 bits per heavy atom. The van der Waals surface area contributed by atoms with Crippen LogP contribution in [-0.4, -0.2) is 12.9 Å². The van der Waals surface area contributed by atoms with Crippen LogP contribution < -0.4 is 0 Å². The summed E-state index contributed by atoms with van der Waals surface area (Å²) in [6, 6.07) is 2.00. The highest BCUT2D eigenvalue weighted by atomic mass is 32.2. The summed E-state index contributed by atoms with van der Waals surface area (Å²) in [5.41, 5.74) is 0. The molecular weight excluding hydrogens is 110 g/mol. The van der Waals surface area contributed by atoms with Crippen molar-refractivity contribution in [1.29, 1.82) is 5.26 Å². The molecule has 3 heteroatoms. The van der Waals surface area contributed by atoms with Crippen molar-refractivity contribution in [3.8, 4) is 6.07 Å². The molecule has 0 N–H and O–H groups in total. The number of nitriles is 1. The van der Waals surface area contributed by atoms with Crippen LogP contribution in [0, 0.1) is 11.3 Å². The molecule has 0 bridgehead atoms. The first-order valence-electron chi connectivity index (χ1n) is 1.94. The normalized spacial score (nSPS) is 8.00. The zero-order chi connectivity index (χ0) is 5.54. The average molecular weight is 117 g/mol. The van der Waals surface area contributed by atoms with Gasteiger partial charge in [0.1, 0.15) is 0 Å². The van der Waals surface area contributed by atoms with Gasteiger partial charge in [-0.25, -0.2) is 0 Å². The largest absolute Gasteiger partial charge is 0.319 e. The van der Waals surface area contributed by atoms with E-state index in [2.05, 4.69) is 4.18 Å². The first-order valence-corrected chi connectivity index (χ1v) is 2.85. The second-order valence-electron chi connectivity index (χ2n) is 0.897. The van der Waals surface area contributed by atoms with Crippen molar-refractivity contribution < 1.29 is 4.18 Å². The Bertz CT molecular complexity index is 68.6. The Labute approximate surface area is 47.7 Å². The first-order chi connectivity index (χ1) is 3.41. The Hall–Kier alpha value is -0.200. The number of rotatable bonds is 3. The van der Waals surface area contributed by atoms with Crippen LogP contribution in [0.4, 0.5) is 0 Å². The van der Waals surface area contributed by atoms with E-state index in [0.717, 1.165) is 5.75 Å². The molecular formula is C4H7NOS. The molecule has 0 aromatic heterocycles. The Kier molecular flexibility index (Phi) is 5.63. The van der Waals surface area contributed by atoms with E-state index in [1.807, 2.05) is 6.07 Å². The summed E-state index contributed by atoms with van der Waals surface area (Å²) in [6.45, 7) is 0. The Balaban J connectivity index is 2.60. The van der Waals surface area contributed by atoms with Crippen LogP contribution in [0.3, 0.4) is 0 Å². The molecule has 0 rings (SSSR count). The molecule has 0 amide bonds. The van der Waals surface area contributed by atoms with Crippen LogP contribution in [0.5, 0.6) is 0 Å². The number of nitrogens with zero attached hydrogens (tertiary/aromatic N) is 1. The Morgan fingerprint density at radius 2 is 2.57 bits per heavy atom. The van der Waals surface area contributed by atoms with Crippen molar-refractivity contribution >= 4 is 12.0 Å². The smallest absolute Gasteiger partial charge is 0.0631 e. The van der Waals surface area contributed by atoms with Gasteiger partial charge in [-0.3, -0.25) is 0 Å². The molecule has 0 spiro atoms. The number of hydrogen-bond donors (Lipinski definition) is 0. The maximum absolute atomic E-state index is 7.97. The van der Waals surface area contributed by atoms with E-state index in [0.29, 0.717) is 6.42 Å². The third kappa shape index (κ3) is 5.80. The lowest BCUT2D eigenvalue weighted by Gasteiger charge is -1.86. The molecule has 0 fully saturated rings. The summed E-state index contributed by atoms with van der Waals surface area (Å²) in [5.74, 6) is 0.771. The molecule has 0 aromatic rings. The van der Waals surface area contributed by atoms with E-state index in [9.17, 15) is 0 Å². The molecule has 0 saturated carbocycles. The molecule has 0 atom stereocenters. The lowest BCUT2D eigenvalue weighted by atomic mass is 10.6. The second kappa shape index (κ2) is 5.80. The van der Waals surface area contributed by atoms with Crippen LogP contribution >= 0.6 is 12.0 Å². The lowest BCUT2D eigenvalue weighted by Crippen LogP contribution is -1.73. The minimum Gasteiger partial charge on any atom is -0.319 e. The van der Waals surface area contributed by atoms with Gasteiger partial charge in [0.15, 0.2) is 0 Å². The van der Waals surface area contributed by atoms with E-state index in [1.165, 1.54) is 12.0 Å². The van der Waals surface area contributed by atoms with Crippen molar-refractivity contribution in [2.24, 2.45) is 0 Å². The van der Waals surface area contributed by atoms with Gasteiger partial charge >= 0.3 is 0 Å². The molecule has 0 unspecified atom stereocenters. The summed E-state index contributed by atoms with van der Waals surface area (Å²) in [6.07, 6.45) is 0.568. The molecule has 40 valence electrons. The molecule has 0 aliphatic rings.